The van der Waals surface area contributed by atoms with E-state index >= 15 is 0 Å². The Bertz CT molecular complexity index is 314. The molecule has 16 heavy (non-hydrogen) atoms. The molecular formula is C14H23NO. The van der Waals surface area contributed by atoms with Crippen molar-refractivity contribution >= 4 is 0 Å². The molecule has 0 saturated carbocycles. The molecule has 0 aromatic heterocycles. The van der Waals surface area contributed by atoms with Crippen molar-refractivity contribution in [1.29, 1.82) is 0 Å². The molecule has 0 heterocycles. The topological polar surface area (TPSA) is 35.2 Å². The van der Waals surface area contributed by atoms with Crippen LogP contribution in [-0.4, -0.2) is 12.1 Å². The minimum Gasteiger partial charge on any atom is -0.494 e. The average Bonchev–Trinajstić information content (AvgIpc) is 2.21. The van der Waals surface area contributed by atoms with Gasteiger partial charge in [0, 0.05) is 5.54 Å². The Morgan fingerprint density at radius 1 is 1.25 bits per heavy atom. The molecule has 2 nitrogen and oxygen atoms in total. The van der Waals surface area contributed by atoms with Crippen molar-refractivity contribution < 1.29 is 4.74 Å². The molecule has 1 atom stereocenters. The first-order valence-electron chi connectivity index (χ1n) is 5.96. The van der Waals surface area contributed by atoms with Gasteiger partial charge in [0.2, 0.25) is 0 Å². The summed E-state index contributed by atoms with van der Waals surface area (Å²) in [7, 11) is 0. The van der Waals surface area contributed by atoms with Crippen LogP contribution in [0.3, 0.4) is 0 Å². The Kier molecular flexibility index (Phi) is 4.36. The summed E-state index contributed by atoms with van der Waals surface area (Å²) in [6.07, 6.45) is 0.900. The van der Waals surface area contributed by atoms with E-state index in [4.69, 9.17) is 10.5 Å². The van der Waals surface area contributed by atoms with E-state index in [0.29, 0.717) is 12.5 Å². The molecule has 0 spiro atoms. The van der Waals surface area contributed by atoms with Crippen molar-refractivity contribution in [3.63, 3.8) is 0 Å². The van der Waals surface area contributed by atoms with E-state index in [0.717, 1.165) is 12.2 Å². The first kappa shape index (κ1) is 13.0. The zero-order valence-corrected chi connectivity index (χ0v) is 10.8. The van der Waals surface area contributed by atoms with Crippen molar-refractivity contribution in [2.24, 2.45) is 11.7 Å². The Balaban J connectivity index is 2.68. The maximum Gasteiger partial charge on any atom is 0.119 e. The minimum atomic E-state index is -0.146. The Labute approximate surface area is 98.8 Å². The van der Waals surface area contributed by atoms with Gasteiger partial charge in [-0.15, -0.1) is 0 Å². The summed E-state index contributed by atoms with van der Waals surface area (Å²) >= 11 is 0. The van der Waals surface area contributed by atoms with E-state index in [1.54, 1.807) is 0 Å². The highest BCUT2D eigenvalue weighted by molar-refractivity contribution is 5.28. The van der Waals surface area contributed by atoms with Crippen LogP contribution in [0.1, 0.15) is 33.3 Å². The quantitative estimate of drug-likeness (QED) is 0.829. The molecule has 0 aliphatic carbocycles. The molecule has 0 amide bonds. The lowest BCUT2D eigenvalue weighted by atomic mass is 9.84. The summed E-state index contributed by atoms with van der Waals surface area (Å²) in [5.41, 5.74) is 7.38. The van der Waals surface area contributed by atoms with Gasteiger partial charge >= 0.3 is 0 Å². The van der Waals surface area contributed by atoms with Crippen LogP contribution in [0.2, 0.25) is 0 Å². The Hall–Kier alpha value is -1.02. The second kappa shape index (κ2) is 5.35. The molecule has 0 bridgehead atoms. The predicted molar refractivity (Wildman–Crippen MR) is 68.7 cm³/mol. The SMILES string of the molecule is CCOc1ccc(CC(C)(N)C(C)C)cc1. The molecule has 0 fully saturated rings. The van der Waals surface area contributed by atoms with Crippen molar-refractivity contribution in [3.8, 4) is 5.75 Å². The highest BCUT2D eigenvalue weighted by atomic mass is 16.5. The van der Waals surface area contributed by atoms with Crippen LogP contribution in [0, 0.1) is 5.92 Å². The fourth-order valence-corrected chi connectivity index (χ4v) is 1.51. The maximum atomic E-state index is 6.26. The van der Waals surface area contributed by atoms with Crippen LogP contribution in [0.25, 0.3) is 0 Å². The monoisotopic (exact) mass is 221 g/mol. The third kappa shape index (κ3) is 3.53. The molecule has 0 saturated heterocycles. The number of nitrogens with two attached hydrogens (primary N) is 1. The fraction of sp³-hybridized carbons (Fsp3) is 0.571. The maximum absolute atomic E-state index is 6.26. The normalized spacial score (nSPS) is 14.9. The van der Waals surface area contributed by atoms with E-state index in [-0.39, 0.29) is 5.54 Å². The van der Waals surface area contributed by atoms with E-state index < -0.39 is 0 Å². The lowest BCUT2D eigenvalue weighted by molar-refractivity contribution is 0.334. The number of ether oxygens (including phenoxy) is 1. The zero-order valence-electron chi connectivity index (χ0n) is 10.8. The third-order valence-electron chi connectivity index (χ3n) is 3.14. The molecule has 90 valence electrons. The Morgan fingerprint density at radius 3 is 2.25 bits per heavy atom. The largest absolute Gasteiger partial charge is 0.494 e. The van der Waals surface area contributed by atoms with Crippen LogP contribution in [0.15, 0.2) is 24.3 Å². The van der Waals surface area contributed by atoms with Gasteiger partial charge < -0.3 is 10.5 Å². The lowest BCUT2D eigenvalue weighted by Crippen LogP contribution is -2.43. The second-order valence-electron chi connectivity index (χ2n) is 4.91. The molecule has 1 aromatic carbocycles. The van der Waals surface area contributed by atoms with Crippen LogP contribution in [0.4, 0.5) is 0 Å². The predicted octanol–water partition coefficient (Wildman–Crippen LogP) is 3.00. The summed E-state index contributed by atoms with van der Waals surface area (Å²) in [6.45, 7) is 9.13. The van der Waals surface area contributed by atoms with Crippen molar-refractivity contribution in [2.45, 2.75) is 39.7 Å². The summed E-state index contributed by atoms with van der Waals surface area (Å²) < 4.78 is 5.41. The van der Waals surface area contributed by atoms with Crippen LogP contribution < -0.4 is 10.5 Å². The van der Waals surface area contributed by atoms with Crippen molar-refractivity contribution in [1.82, 2.24) is 0 Å². The lowest BCUT2D eigenvalue weighted by Gasteiger charge is -2.29. The highest BCUT2D eigenvalue weighted by Crippen LogP contribution is 2.21. The van der Waals surface area contributed by atoms with Gasteiger partial charge in [0.15, 0.2) is 0 Å². The molecular weight excluding hydrogens is 198 g/mol. The van der Waals surface area contributed by atoms with Gasteiger partial charge in [-0.05, 0) is 43.9 Å². The molecule has 0 aliphatic heterocycles. The average molecular weight is 221 g/mol. The van der Waals surface area contributed by atoms with Crippen LogP contribution >= 0.6 is 0 Å². The van der Waals surface area contributed by atoms with Gasteiger partial charge in [0.1, 0.15) is 5.75 Å². The van der Waals surface area contributed by atoms with Gasteiger partial charge in [-0.3, -0.25) is 0 Å². The van der Waals surface area contributed by atoms with E-state index in [9.17, 15) is 0 Å². The van der Waals surface area contributed by atoms with Gasteiger partial charge in [0.05, 0.1) is 6.61 Å². The molecule has 0 radical (unpaired) electrons. The summed E-state index contributed by atoms with van der Waals surface area (Å²) in [6, 6.07) is 8.21. The minimum absolute atomic E-state index is 0.146. The Morgan fingerprint density at radius 2 is 1.81 bits per heavy atom. The first-order valence-corrected chi connectivity index (χ1v) is 5.96. The number of benzene rings is 1. The molecule has 0 aliphatic rings. The van der Waals surface area contributed by atoms with Gasteiger partial charge in [0.25, 0.3) is 0 Å². The number of hydrogen-bond acceptors (Lipinski definition) is 2. The standard InChI is InChI=1S/C14H23NO/c1-5-16-13-8-6-12(7-9-13)10-14(4,15)11(2)3/h6-9,11H,5,10,15H2,1-4H3. The molecule has 1 rings (SSSR count). The zero-order chi connectivity index (χ0) is 12.2. The summed E-state index contributed by atoms with van der Waals surface area (Å²) in [5.74, 6) is 1.40. The molecule has 1 aromatic rings. The fourth-order valence-electron chi connectivity index (χ4n) is 1.51. The first-order chi connectivity index (χ1) is 7.45. The van der Waals surface area contributed by atoms with Gasteiger partial charge in [-0.2, -0.15) is 0 Å². The van der Waals surface area contributed by atoms with Crippen LogP contribution in [0.5, 0.6) is 5.75 Å². The molecule has 1 unspecified atom stereocenters. The van der Waals surface area contributed by atoms with E-state index in [1.807, 2.05) is 19.1 Å². The number of rotatable bonds is 5. The van der Waals surface area contributed by atoms with Gasteiger partial charge in [-0.1, -0.05) is 26.0 Å². The molecule has 2 N–H and O–H groups in total. The van der Waals surface area contributed by atoms with Crippen LogP contribution in [-0.2, 0) is 6.42 Å². The van der Waals surface area contributed by atoms with E-state index in [1.165, 1.54) is 5.56 Å². The van der Waals surface area contributed by atoms with Crippen molar-refractivity contribution in [3.05, 3.63) is 29.8 Å². The summed E-state index contributed by atoms with van der Waals surface area (Å²) in [5, 5.41) is 0. The van der Waals surface area contributed by atoms with E-state index in [2.05, 4.69) is 32.9 Å². The number of hydrogen-bond donors (Lipinski definition) is 1. The van der Waals surface area contributed by atoms with Crippen molar-refractivity contribution in [2.75, 3.05) is 6.61 Å². The summed E-state index contributed by atoms with van der Waals surface area (Å²) in [4.78, 5) is 0. The second-order valence-corrected chi connectivity index (χ2v) is 4.91. The highest BCUT2D eigenvalue weighted by Gasteiger charge is 2.22. The smallest absolute Gasteiger partial charge is 0.119 e. The third-order valence-corrected chi connectivity index (χ3v) is 3.14. The van der Waals surface area contributed by atoms with Gasteiger partial charge in [-0.25, -0.2) is 0 Å². The molecule has 2 heteroatoms.